The Morgan fingerprint density at radius 1 is 1.44 bits per heavy atom. The van der Waals surface area contributed by atoms with E-state index in [4.69, 9.17) is 0 Å². The van der Waals surface area contributed by atoms with Gasteiger partial charge in [0.05, 0.1) is 0 Å². The van der Waals surface area contributed by atoms with E-state index in [1.54, 1.807) is 12.1 Å². The van der Waals surface area contributed by atoms with Crippen molar-refractivity contribution in [3.05, 3.63) is 35.6 Å². The third-order valence-corrected chi connectivity index (χ3v) is 3.58. The van der Waals surface area contributed by atoms with Gasteiger partial charge < -0.3 is 10.2 Å². The normalized spacial score (nSPS) is 21.1. The molecule has 0 radical (unpaired) electrons. The topological polar surface area (TPSA) is 15.3 Å². The highest BCUT2D eigenvalue weighted by Crippen LogP contribution is 2.08. The Hall–Kier alpha value is -0.930. The molecule has 0 spiro atoms. The second-order valence-electron chi connectivity index (χ2n) is 5.12. The van der Waals surface area contributed by atoms with E-state index >= 15 is 0 Å². The number of benzene rings is 1. The zero-order valence-electron chi connectivity index (χ0n) is 11.2. The first-order chi connectivity index (χ1) is 8.78. The number of hydrogen-bond donors (Lipinski definition) is 1. The summed E-state index contributed by atoms with van der Waals surface area (Å²) in [5.41, 5.74) is 1.10. The molecule has 0 aliphatic carbocycles. The molecule has 1 fully saturated rings. The van der Waals surface area contributed by atoms with Crippen LogP contribution in [-0.4, -0.2) is 37.1 Å². The molecule has 1 aliphatic rings. The predicted octanol–water partition coefficient (Wildman–Crippen LogP) is 2.44. The van der Waals surface area contributed by atoms with Crippen molar-refractivity contribution < 1.29 is 4.39 Å². The summed E-state index contributed by atoms with van der Waals surface area (Å²) in [7, 11) is 0. The van der Waals surface area contributed by atoms with E-state index < -0.39 is 0 Å². The third kappa shape index (κ3) is 4.07. The van der Waals surface area contributed by atoms with E-state index in [1.807, 2.05) is 6.07 Å². The minimum Gasteiger partial charge on any atom is -0.311 e. The number of nitrogens with zero attached hydrogens (tertiary/aromatic N) is 1. The molecule has 1 atom stereocenters. The third-order valence-electron chi connectivity index (χ3n) is 3.58. The smallest absolute Gasteiger partial charge is 0.123 e. The molecular formula is C15H23FN2. The largest absolute Gasteiger partial charge is 0.311 e. The summed E-state index contributed by atoms with van der Waals surface area (Å²) in [5, 5.41) is 3.56. The van der Waals surface area contributed by atoms with Crippen LogP contribution in [0.1, 0.15) is 25.3 Å². The molecule has 1 saturated heterocycles. The molecule has 1 heterocycles. The standard InChI is InChI=1S/C15H23FN2/c1-2-4-15-12-18(10-8-17-15)9-7-13-5-3-6-14(16)11-13/h3,5-6,11,15,17H,2,4,7-10,12H2,1H3. The van der Waals surface area contributed by atoms with E-state index in [0.29, 0.717) is 6.04 Å². The van der Waals surface area contributed by atoms with E-state index in [0.717, 1.165) is 38.2 Å². The van der Waals surface area contributed by atoms with Gasteiger partial charge in [0.15, 0.2) is 0 Å². The van der Waals surface area contributed by atoms with Crippen LogP contribution in [0.25, 0.3) is 0 Å². The predicted molar refractivity (Wildman–Crippen MR) is 73.2 cm³/mol. The van der Waals surface area contributed by atoms with Gasteiger partial charge in [-0.3, -0.25) is 0 Å². The fourth-order valence-corrected chi connectivity index (χ4v) is 2.62. The van der Waals surface area contributed by atoms with Gasteiger partial charge in [-0.25, -0.2) is 4.39 Å². The summed E-state index contributed by atoms with van der Waals surface area (Å²) >= 11 is 0. The minimum absolute atomic E-state index is 0.128. The fraction of sp³-hybridized carbons (Fsp3) is 0.600. The van der Waals surface area contributed by atoms with E-state index in [-0.39, 0.29) is 5.82 Å². The lowest BCUT2D eigenvalue weighted by Crippen LogP contribution is -2.50. The Balaban J connectivity index is 1.79. The number of piperazine rings is 1. The summed E-state index contributed by atoms with van der Waals surface area (Å²) in [5.74, 6) is -0.128. The molecule has 1 aromatic carbocycles. The molecule has 100 valence electrons. The maximum atomic E-state index is 13.1. The SMILES string of the molecule is CCCC1CN(CCc2cccc(F)c2)CCN1. The molecule has 1 N–H and O–H groups in total. The lowest BCUT2D eigenvalue weighted by molar-refractivity contribution is 0.196. The Bertz CT molecular complexity index is 365. The lowest BCUT2D eigenvalue weighted by atomic mass is 10.1. The Labute approximate surface area is 109 Å². The first-order valence-electron chi connectivity index (χ1n) is 6.98. The minimum atomic E-state index is -0.128. The van der Waals surface area contributed by atoms with Crippen molar-refractivity contribution >= 4 is 0 Å². The van der Waals surface area contributed by atoms with Crippen molar-refractivity contribution in [1.82, 2.24) is 10.2 Å². The van der Waals surface area contributed by atoms with Crippen molar-refractivity contribution in [1.29, 1.82) is 0 Å². The van der Waals surface area contributed by atoms with Gasteiger partial charge in [0.1, 0.15) is 5.82 Å². The molecule has 2 rings (SSSR count). The summed E-state index contributed by atoms with van der Waals surface area (Å²) in [4.78, 5) is 2.49. The number of nitrogens with one attached hydrogen (secondary N) is 1. The first-order valence-corrected chi connectivity index (χ1v) is 6.98. The quantitative estimate of drug-likeness (QED) is 0.863. The van der Waals surface area contributed by atoms with Crippen LogP contribution in [0.5, 0.6) is 0 Å². The van der Waals surface area contributed by atoms with Crippen LogP contribution in [0.2, 0.25) is 0 Å². The van der Waals surface area contributed by atoms with Gasteiger partial charge >= 0.3 is 0 Å². The summed E-state index contributed by atoms with van der Waals surface area (Å²) in [6, 6.07) is 7.59. The Morgan fingerprint density at radius 3 is 3.11 bits per heavy atom. The van der Waals surface area contributed by atoms with Gasteiger partial charge in [-0.1, -0.05) is 25.5 Å². The molecule has 18 heavy (non-hydrogen) atoms. The second-order valence-corrected chi connectivity index (χ2v) is 5.12. The first kappa shape index (κ1) is 13.5. The van der Waals surface area contributed by atoms with Gasteiger partial charge in [0.2, 0.25) is 0 Å². The van der Waals surface area contributed by atoms with E-state index in [1.165, 1.54) is 18.9 Å². The highest BCUT2D eigenvalue weighted by Gasteiger charge is 2.17. The number of rotatable bonds is 5. The summed E-state index contributed by atoms with van der Waals surface area (Å²) in [6.07, 6.45) is 3.42. The van der Waals surface area contributed by atoms with Crippen LogP contribution in [0.15, 0.2) is 24.3 Å². The summed E-state index contributed by atoms with van der Waals surface area (Å²) < 4.78 is 13.1. The van der Waals surface area contributed by atoms with Crippen LogP contribution >= 0.6 is 0 Å². The molecule has 1 aromatic rings. The monoisotopic (exact) mass is 250 g/mol. The fourth-order valence-electron chi connectivity index (χ4n) is 2.62. The maximum absolute atomic E-state index is 13.1. The van der Waals surface area contributed by atoms with Crippen molar-refractivity contribution in [2.45, 2.75) is 32.2 Å². The van der Waals surface area contributed by atoms with Crippen molar-refractivity contribution in [2.24, 2.45) is 0 Å². The van der Waals surface area contributed by atoms with Crippen molar-refractivity contribution in [3.8, 4) is 0 Å². The van der Waals surface area contributed by atoms with Crippen LogP contribution in [-0.2, 0) is 6.42 Å². The molecule has 0 saturated carbocycles. The van der Waals surface area contributed by atoms with Crippen molar-refractivity contribution in [3.63, 3.8) is 0 Å². The van der Waals surface area contributed by atoms with Gasteiger partial charge in [0.25, 0.3) is 0 Å². The van der Waals surface area contributed by atoms with Crippen molar-refractivity contribution in [2.75, 3.05) is 26.2 Å². The van der Waals surface area contributed by atoms with Crippen LogP contribution in [0.3, 0.4) is 0 Å². The zero-order chi connectivity index (χ0) is 12.8. The molecule has 0 aromatic heterocycles. The molecule has 0 bridgehead atoms. The summed E-state index contributed by atoms with van der Waals surface area (Å²) in [6.45, 7) is 6.57. The Kier molecular flexibility index (Phi) is 5.14. The zero-order valence-corrected chi connectivity index (χ0v) is 11.2. The molecule has 2 nitrogen and oxygen atoms in total. The van der Waals surface area contributed by atoms with E-state index in [9.17, 15) is 4.39 Å². The van der Waals surface area contributed by atoms with Crippen LogP contribution < -0.4 is 5.32 Å². The second kappa shape index (κ2) is 6.86. The molecule has 3 heteroatoms. The van der Waals surface area contributed by atoms with Gasteiger partial charge in [0, 0.05) is 32.2 Å². The van der Waals surface area contributed by atoms with E-state index in [2.05, 4.69) is 17.1 Å². The lowest BCUT2D eigenvalue weighted by Gasteiger charge is -2.33. The molecule has 0 amide bonds. The van der Waals surface area contributed by atoms with Gasteiger partial charge in [-0.15, -0.1) is 0 Å². The maximum Gasteiger partial charge on any atom is 0.123 e. The molecule has 1 unspecified atom stereocenters. The van der Waals surface area contributed by atoms with Crippen LogP contribution in [0.4, 0.5) is 4.39 Å². The number of hydrogen-bond acceptors (Lipinski definition) is 2. The van der Waals surface area contributed by atoms with Crippen LogP contribution in [0, 0.1) is 5.82 Å². The van der Waals surface area contributed by atoms with Gasteiger partial charge in [-0.05, 0) is 30.5 Å². The van der Waals surface area contributed by atoms with Gasteiger partial charge in [-0.2, -0.15) is 0 Å². The Morgan fingerprint density at radius 2 is 2.33 bits per heavy atom. The highest BCUT2D eigenvalue weighted by molar-refractivity contribution is 5.16. The molecule has 1 aliphatic heterocycles. The average Bonchev–Trinajstić information content (AvgIpc) is 2.37. The molecular weight excluding hydrogens is 227 g/mol. The number of halogens is 1. The highest BCUT2D eigenvalue weighted by atomic mass is 19.1. The average molecular weight is 250 g/mol.